The first-order valence-electron chi connectivity index (χ1n) is 9.04. The number of tetrazole rings is 1. The van der Waals surface area contributed by atoms with Crippen LogP contribution in [0.25, 0.3) is 0 Å². The summed E-state index contributed by atoms with van der Waals surface area (Å²) >= 11 is 0. The summed E-state index contributed by atoms with van der Waals surface area (Å²) in [5.41, 5.74) is 1.97. The fraction of sp³-hybridized carbons (Fsp3) is 0.250. The largest absolute Gasteiger partial charge is 0.489 e. The van der Waals surface area contributed by atoms with Gasteiger partial charge in [-0.25, -0.2) is 9.48 Å². The number of benzene rings is 2. The van der Waals surface area contributed by atoms with Crippen LogP contribution in [0.2, 0.25) is 0 Å². The first-order valence-corrected chi connectivity index (χ1v) is 9.04. The van der Waals surface area contributed by atoms with E-state index in [0.29, 0.717) is 25.4 Å². The van der Waals surface area contributed by atoms with Crippen molar-refractivity contribution in [1.82, 2.24) is 25.5 Å². The number of ether oxygens (including phenoxy) is 1. The maximum atomic E-state index is 11.2. The molecule has 0 aliphatic carbocycles. The van der Waals surface area contributed by atoms with Crippen molar-refractivity contribution < 1.29 is 14.6 Å². The minimum Gasteiger partial charge on any atom is -0.489 e. The molecule has 3 aromatic rings. The number of carbonyl (C=O) groups is 1. The molecule has 2 N–H and O–H groups in total. The highest BCUT2D eigenvalue weighted by Gasteiger charge is 2.21. The van der Waals surface area contributed by atoms with Gasteiger partial charge in [0.05, 0.1) is 25.1 Å². The molecular formula is C20H20N6O3. The van der Waals surface area contributed by atoms with Crippen LogP contribution in [-0.2, 0) is 19.6 Å². The summed E-state index contributed by atoms with van der Waals surface area (Å²) in [4.78, 5) is 11.2. The minimum atomic E-state index is -1.17. The molecule has 1 aromatic heterocycles. The quantitative estimate of drug-likeness (QED) is 0.573. The Morgan fingerprint density at radius 1 is 1.17 bits per heavy atom. The molecular weight excluding hydrogens is 372 g/mol. The number of rotatable bonds is 9. The highest BCUT2D eigenvalue weighted by Crippen LogP contribution is 2.20. The van der Waals surface area contributed by atoms with Crippen LogP contribution < -0.4 is 10.1 Å². The average molecular weight is 392 g/mol. The molecule has 2 aromatic carbocycles. The molecule has 3 rings (SSSR count). The molecule has 0 saturated carbocycles. The van der Waals surface area contributed by atoms with Gasteiger partial charge >= 0.3 is 6.09 Å². The van der Waals surface area contributed by atoms with Gasteiger partial charge in [-0.15, -0.1) is 5.10 Å². The molecule has 1 atom stereocenters. The van der Waals surface area contributed by atoms with Crippen molar-refractivity contribution in [3.63, 3.8) is 0 Å². The summed E-state index contributed by atoms with van der Waals surface area (Å²) in [5.74, 6) is 1.09. The van der Waals surface area contributed by atoms with Crippen LogP contribution in [0.4, 0.5) is 4.79 Å². The number of nitrogens with zero attached hydrogens (tertiary/aromatic N) is 5. The minimum absolute atomic E-state index is 0.227. The fourth-order valence-electron chi connectivity index (χ4n) is 2.83. The molecule has 0 aliphatic heterocycles. The lowest BCUT2D eigenvalue weighted by Crippen LogP contribution is -2.31. The van der Waals surface area contributed by atoms with E-state index in [1.807, 2.05) is 60.7 Å². The molecule has 0 bridgehead atoms. The lowest BCUT2D eigenvalue weighted by atomic mass is 10.1. The Hall–Kier alpha value is -3.93. The zero-order valence-corrected chi connectivity index (χ0v) is 15.6. The Morgan fingerprint density at radius 3 is 2.62 bits per heavy atom. The highest BCUT2D eigenvalue weighted by molar-refractivity contribution is 5.65. The number of amides is 1. The third-order valence-corrected chi connectivity index (χ3v) is 4.22. The smallest absolute Gasteiger partial charge is 0.405 e. The summed E-state index contributed by atoms with van der Waals surface area (Å²) in [5, 5.41) is 31.8. The predicted octanol–water partition coefficient (Wildman–Crippen LogP) is 2.72. The van der Waals surface area contributed by atoms with Gasteiger partial charge in [-0.1, -0.05) is 42.5 Å². The predicted molar refractivity (Wildman–Crippen MR) is 103 cm³/mol. The van der Waals surface area contributed by atoms with Gasteiger partial charge in [0.25, 0.3) is 0 Å². The maximum absolute atomic E-state index is 11.2. The summed E-state index contributed by atoms with van der Waals surface area (Å²) in [6, 6.07) is 18.7. The van der Waals surface area contributed by atoms with E-state index in [2.05, 4.69) is 20.8 Å². The zero-order valence-electron chi connectivity index (χ0n) is 15.6. The second kappa shape index (κ2) is 9.85. The normalized spacial score (nSPS) is 11.4. The Kier molecular flexibility index (Phi) is 6.73. The fourth-order valence-corrected chi connectivity index (χ4v) is 2.83. The second-order valence-electron chi connectivity index (χ2n) is 6.29. The van der Waals surface area contributed by atoms with Crippen molar-refractivity contribution in [1.29, 1.82) is 5.26 Å². The number of hydrogen-bond donors (Lipinski definition) is 2. The van der Waals surface area contributed by atoms with E-state index in [9.17, 15) is 9.90 Å². The van der Waals surface area contributed by atoms with Crippen LogP contribution in [0.15, 0.2) is 54.6 Å². The third-order valence-electron chi connectivity index (χ3n) is 4.22. The molecule has 0 aliphatic rings. The van der Waals surface area contributed by atoms with E-state index in [1.54, 1.807) is 0 Å². The van der Waals surface area contributed by atoms with Gasteiger partial charge in [-0.3, -0.25) is 0 Å². The molecule has 29 heavy (non-hydrogen) atoms. The Bertz CT molecular complexity index is 966. The summed E-state index contributed by atoms with van der Waals surface area (Å²) in [6.45, 7) is 0.764. The van der Waals surface area contributed by atoms with Crippen LogP contribution >= 0.6 is 0 Å². The number of nitrogens with one attached hydrogen (secondary N) is 1. The first kappa shape index (κ1) is 19.8. The monoisotopic (exact) mass is 392 g/mol. The molecule has 148 valence electrons. The van der Waals surface area contributed by atoms with E-state index in [1.165, 1.54) is 4.68 Å². The Balaban J connectivity index is 1.67. The van der Waals surface area contributed by atoms with E-state index in [-0.39, 0.29) is 6.42 Å². The second-order valence-corrected chi connectivity index (χ2v) is 6.29. The standard InChI is InChI=1S/C20H20N6O3/c21-11-4-12-26-19(23-24-25-26)18(22-20(27)28)13-15-7-9-17(10-8-15)29-14-16-5-2-1-3-6-16/h1-3,5-10,18,22H,4,12-14H2,(H,27,28). The molecule has 0 saturated heterocycles. The van der Waals surface area contributed by atoms with Gasteiger partial charge in [-0.05, 0) is 33.7 Å². The van der Waals surface area contributed by atoms with E-state index >= 15 is 0 Å². The summed E-state index contributed by atoms with van der Waals surface area (Å²) in [6.07, 6.45) is -0.587. The average Bonchev–Trinajstić information content (AvgIpc) is 3.20. The van der Waals surface area contributed by atoms with Crippen molar-refractivity contribution in [2.75, 3.05) is 0 Å². The number of carboxylic acid groups (broad SMARTS) is 1. The molecule has 1 unspecified atom stereocenters. The van der Waals surface area contributed by atoms with Crippen LogP contribution in [0.1, 0.15) is 29.4 Å². The molecule has 1 amide bonds. The molecule has 9 nitrogen and oxygen atoms in total. The van der Waals surface area contributed by atoms with Crippen molar-refractivity contribution in [3.05, 3.63) is 71.5 Å². The van der Waals surface area contributed by atoms with Crippen molar-refractivity contribution in [2.24, 2.45) is 0 Å². The van der Waals surface area contributed by atoms with Crippen molar-refractivity contribution in [3.8, 4) is 11.8 Å². The van der Waals surface area contributed by atoms with Gasteiger partial charge in [-0.2, -0.15) is 5.26 Å². The van der Waals surface area contributed by atoms with Crippen molar-refractivity contribution >= 4 is 6.09 Å². The number of aromatic nitrogens is 4. The molecule has 0 radical (unpaired) electrons. The number of aryl methyl sites for hydroxylation is 1. The van der Waals surface area contributed by atoms with Gasteiger partial charge in [0.2, 0.25) is 0 Å². The lowest BCUT2D eigenvalue weighted by molar-refractivity contribution is 0.188. The van der Waals surface area contributed by atoms with E-state index in [0.717, 1.165) is 16.9 Å². The van der Waals surface area contributed by atoms with Gasteiger partial charge in [0.15, 0.2) is 5.82 Å². The van der Waals surface area contributed by atoms with Gasteiger partial charge < -0.3 is 15.2 Å². The SMILES string of the molecule is N#CCCn1nnnc1C(Cc1ccc(OCc2ccccc2)cc1)NC(=O)O. The molecule has 0 fully saturated rings. The van der Waals surface area contributed by atoms with E-state index < -0.39 is 12.1 Å². The zero-order chi connectivity index (χ0) is 20.5. The van der Waals surface area contributed by atoms with Gasteiger partial charge in [0, 0.05) is 6.42 Å². The van der Waals surface area contributed by atoms with Crippen LogP contribution in [0, 0.1) is 11.3 Å². The van der Waals surface area contributed by atoms with E-state index in [4.69, 9.17) is 10.00 Å². The molecule has 1 heterocycles. The summed E-state index contributed by atoms with van der Waals surface area (Å²) in [7, 11) is 0. The Morgan fingerprint density at radius 2 is 1.93 bits per heavy atom. The highest BCUT2D eigenvalue weighted by atomic mass is 16.5. The lowest BCUT2D eigenvalue weighted by Gasteiger charge is -2.16. The summed E-state index contributed by atoms with van der Waals surface area (Å²) < 4.78 is 7.22. The van der Waals surface area contributed by atoms with Crippen LogP contribution in [0.5, 0.6) is 5.75 Å². The molecule has 0 spiro atoms. The first-order chi connectivity index (χ1) is 14.2. The molecule has 9 heteroatoms. The van der Waals surface area contributed by atoms with Crippen LogP contribution in [0.3, 0.4) is 0 Å². The van der Waals surface area contributed by atoms with Crippen molar-refractivity contribution in [2.45, 2.75) is 32.0 Å². The third kappa shape index (κ3) is 5.77. The Labute approximate surface area is 167 Å². The number of nitriles is 1. The van der Waals surface area contributed by atoms with Gasteiger partial charge in [0.1, 0.15) is 12.4 Å². The van der Waals surface area contributed by atoms with Crippen LogP contribution in [-0.4, -0.2) is 31.4 Å². The maximum Gasteiger partial charge on any atom is 0.405 e. The number of hydrogen-bond acceptors (Lipinski definition) is 6. The topological polar surface area (TPSA) is 126 Å².